The van der Waals surface area contributed by atoms with Gasteiger partial charge in [0.25, 0.3) is 0 Å². The highest BCUT2D eigenvalue weighted by molar-refractivity contribution is 6.74. The van der Waals surface area contributed by atoms with Gasteiger partial charge in [0.2, 0.25) is 0 Å². The predicted molar refractivity (Wildman–Crippen MR) is 87.3 cm³/mol. The SMILES string of the molecule is CCOC(=O)/C=C/[C@@H](C)[C@@H](CC)O[Si](C)(C)C(C)(C)C. The quantitative estimate of drug-likeness (QED) is 0.393. The highest BCUT2D eigenvalue weighted by atomic mass is 28.4. The maximum Gasteiger partial charge on any atom is 0.330 e. The number of esters is 1. The van der Waals surface area contributed by atoms with Crippen LogP contribution in [-0.2, 0) is 14.0 Å². The van der Waals surface area contributed by atoms with Crippen molar-refractivity contribution < 1.29 is 14.0 Å². The minimum absolute atomic E-state index is 0.154. The molecule has 0 aliphatic carbocycles. The van der Waals surface area contributed by atoms with Gasteiger partial charge in [-0.3, -0.25) is 0 Å². The number of carbonyl (C=O) groups is 1. The summed E-state index contributed by atoms with van der Waals surface area (Å²) < 4.78 is 11.3. The van der Waals surface area contributed by atoms with E-state index in [1.807, 2.05) is 13.0 Å². The van der Waals surface area contributed by atoms with Crippen molar-refractivity contribution in [1.29, 1.82) is 0 Å². The summed E-state index contributed by atoms with van der Waals surface area (Å²) >= 11 is 0. The molecule has 0 aliphatic heterocycles. The Morgan fingerprint density at radius 3 is 2.20 bits per heavy atom. The maximum atomic E-state index is 11.4. The van der Waals surface area contributed by atoms with Gasteiger partial charge in [-0.05, 0) is 37.4 Å². The monoisotopic (exact) mass is 300 g/mol. The molecule has 0 bridgehead atoms. The zero-order valence-corrected chi connectivity index (χ0v) is 15.4. The van der Waals surface area contributed by atoms with E-state index in [1.54, 1.807) is 0 Å². The third-order valence-corrected chi connectivity index (χ3v) is 8.57. The lowest BCUT2D eigenvalue weighted by molar-refractivity contribution is -0.137. The molecule has 0 N–H and O–H groups in total. The zero-order valence-electron chi connectivity index (χ0n) is 14.4. The van der Waals surface area contributed by atoms with Crippen molar-refractivity contribution in [2.24, 2.45) is 5.92 Å². The Kier molecular flexibility index (Phi) is 7.74. The van der Waals surface area contributed by atoms with Gasteiger partial charge >= 0.3 is 5.97 Å². The molecule has 4 heteroatoms. The Balaban J connectivity index is 4.72. The molecule has 0 aliphatic rings. The van der Waals surface area contributed by atoms with Gasteiger partial charge in [0.1, 0.15) is 0 Å². The molecule has 0 amide bonds. The Bertz CT molecular complexity index is 329. The first-order valence-electron chi connectivity index (χ1n) is 7.58. The van der Waals surface area contributed by atoms with Crippen LogP contribution in [0.4, 0.5) is 0 Å². The topological polar surface area (TPSA) is 35.5 Å². The predicted octanol–water partition coefficient (Wildman–Crippen LogP) is 4.54. The summed E-state index contributed by atoms with van der Waals surface area (Å²) in [5, 5.41) is 0.199. The molecule has 0 spiro atoms. The fourth-order valence-corrected chi connectivity index (χ4v) is 3.15. The van der Waals surface area contributed by atoms with Crippen molar-refractivity contribution in [3.05, 3.63) is 12.2 Å². The van der Waals surface area contributed by atoms with Gasteiger partial charge in [-0.1, -0.05) is 40.7 Å². The molecule has 0 aromatic rings. The van der Waals surface area contributed by atoms with Crippen molar-refractivity contribution in [2.45, 2.75) is 72.2 Å². The lowest BCUT2D eigenvalue weighted by atomic mass is 10.0. The Morgan fingerprint density at radius 2 is 1.80 bits per heavy atom. The van der Waals surface area contributed by atoms with E-state index >= 15 is 0 Å². The average Bonchev–Trinajstić information content (AvgIpc) is 2.32. The summed E-state index contributed by atoms with van der Waals surface area (Å²) in [6.07, 6.45) is 4.52. The number of carbonyl (C=O) groups excluding carboxylic acids is 1. The molecule has 0 unspecified atom stereocenters. The molecule has 0 saturated carbocycles. The van der Waals surface area contributed by atoms with Gasteiger partial charge in [-0.2, -0.15) is 0 Å². The Labute approximate surface area is 125 Å². The van der Waals surface area contributed by atoms with Crippen LogP contribution in [0.25, 0.3) is 0 Å². The van der Waals surface area contributed by atoms with Crippen LogP contribution in [-0.4, -0.2) is 27.0 Å². The highest BCUT2D eigenvalue weighted by Crippen LogP contribution is 2.38. The third-order valence-electron chi connectivity index (χ3n) is 4.06. The van der Waals surface area contributed by atoms with Crippen molar-refractivity contribution in [2.75, 3.05) is 6.61 Å². The number of hydrogen-bond acceptors (Lipinski definition) is 3. The van der Waals surface area contributed by atoms with E-state index in [0.717, 1.165) is 6.42 Å². The van der Waals surface area contributed by atoms with E-state index in [1.165, 1.54) is 6.08 Å². The molecule has 118 valence electrons. The first-order valence-corrected chi connectivity index (χ1v) is 10.5. The molecule has 3 nitrogen and oxygen atoms in total. The Hall–Kier alpha value is -0.613. The summed E-state index contributed by atoms with van der Waals surface area (Å²) in [7, 11) is -1.77. The maximum absolute atomic E-state index is 11.4. The fraction of sp³-hybridized carbons (Fsp3) is 0.812. The zero-order chi connectivity index (χ0) is 16.0. The smallest absolute Gasteiger partial charge is 0.330 e. The average molecular weight is 301 g/mol. The minimum Gasteiger partial charge on any atom is -0.463 e. The molecule has 0 heterocycles. The van der Waals surface area contributed by atoms with Gasteiger partial charge in [0, 0.05) is 6.08 Å². The van der Waals surface area contributed by atoms with Gasteiger partial charge < -0.3 is 9.16 Å². The molecule has 0 radical (unpaired) electrons. The number of hydrogen-bond donors (Lipinski definition) is 0. The van der Waals surface area contributed by atoms with E-state index in [4.69, 9.17) is 9.16 Å². The summed E-state index contributed by atoms with van der Waals surface area (Å²) in [4.78, 5) is 11.4. The van der Waals surface area contributed by atoms with Gasteiger partial charge in [-0.15, -0.1) is 0 Å². The van der Waals surface area contributed by atoms with Crippen LogP contribution in [0.3, 0.4) is 0 Å². The van der Waals surface area contributed by atoms with Crippen LogP contribution in [0.15, 0.2) is 12.2 Å². The molecule has 0 fully saturated rings. The van der Waals surface area contributed by atoms with Gasteiger partial charge in [0.05, 0.1) is 12.7 Å². The highest BCUT2D eigenvalue weighted by Gasteiger charge is 2.39. The molecule has 0 saturated heterocycles. The summed E-state index contributed by atoms with van der Waals surface area (Å²) in [5.41, 5.74) is 0. The molecule has 20 heavy (non-hydrogen) atoms. The van der Waals surface area contributed by atoms with Crippen LogP contribution < -0.4 is 0 Å². The second-order valence-electron chi connectivity index (χ2n) is 6.80. The van der Waals surface area contributed by atoms with Crippen molar-refractivity contribution in [1.82, 2.24) is 0 Å². The van der Waals surface area contributed by atoms with Crippen LogP contribution in [0.2, 0.25) is 18.1 Å². The molecular formula is C16H32O3Si. The van der Waals surface area contributed by atoms with Gasteiger partial charge in [0.15, 0.2) is 8.32 Å². The molecule has 2 atom stereocenters. The standard InChI is InChI=1S/C16H32O3Si/c1-9-14(19-20(7,8)16(4,5)6)13(3)11-12-15(17)18-10-2/h11-14H,9-10H2,1-8H3/b12-11+/t13-,14-/m1/s1. The summed E-state index contributed by atoms with van der Waals surface area (Å²) in [6.45, 7) is 17.7. The van der Waals surface area contributed by atoms with Crippen molar-refractivity contribution in [3.8, 4) is 0 Å². The van der Waals surface area contributed by atoms with Crippen molar-refractivity contribution >= 4 is 14.3 Å². The van der Waals surface area contributed by atoms with E-state index in [9.17, 15) is 4.79 Å². The fourth-order valence-electron chi connectivity index (χ4n) is 1.66. The third kappa shape index (κ3) is 6.22. The lowest BCUT2D eigenvalue weighted by Crippen LogP contribution is -2.45. The first-order chi connectivity index (χ1) is 9.05. The number of ether oxygens (including phenoxy) is 1. The van der Waals surface area contributed by atoms with Crippen LogP contribution in [0.5, 0.6) is 0 Å². The van der Waals surface area contributed by atoms with E-state index in [2.05, 4.69) is 47.7 Å². The van der Waals surface area contributed by atoms with E-state index in [-0.39, 0.29) is 23.0 Å². The van der Waals surface area contributed by atoms with Crippen molar-refractivity contribution in [3.63, 3.8) is 0 Å². The second-order valence-corrected chi connectivity index (χ2v) is 11.6. The van der Waals surface area contributed by atoms with E-state index in [0.29, 0.717) is 6.61 Å². The molecule has 0 aromatic carbocycles. The van der Waals surface area contributed by atoms with Crippen LogP contribution >= 0.6 is 0 Å². The number of rotatable bonds is 7. The molecular weight excluding hydrogens is 268 g/mol. The first kappa shape index (κ1) is 19.4. The largest absolute Gasteiger partial charge is 0.463 e. The van der Waals surface area contributed by atoms with Crippen LogP contribution in [0.1, 0.15) is 48.0 Å². The van der Waals surface area contributed by atoms with E-state index < -0.39 is 8.32 Å². The van der Waals surface area contributed by atoms with Gasteiger partial charge in [-0.25, -0.2) is 4.79 Å². The van der Waals surface area contributed by atoms with Crippen LogP contribution in [0, 0.1) is 5.92 Å². The molecule has 0 rings (SSSR count). The normalized spacial score (nSPS) is 16.2. The Morgan fingerprint density at radius 1 is 1.25 bits per heavy atom. The lowest BCUT2D eigenvalue weighted by Gasteiger charge is -2.40. The minimum atomic E-state index is -1.77. The second kappa shape index (κ2) is 7.98. The summed E-state index contributed by atoms with van der Waals surface area (Å²) in [6, 6.07) is 0. The molecule has 0 aromatic heterocycles. The summed E-state index contributed by atoms with van der Waals surface area (Å²) in [5.74, 6) is -0.0694.